The van der Waals surface area contributed by atoms with Gasteiger partial charge in [0.2, 0.25) is 0 Å². The maximum Gasteiger partial charge on any atom is 0.106 e. The van der Waals surface area contributed by atoms with Gasteiger partial charge >= 0.3 is 0 Å². The largest absolute Gasteiger partial charge is 0.380 e. The first-order valence-corrected chi connectivity index (χ1v) is 6.43. The fourth-order valence-corrected chi connectivity index (χ4v) is 2.00. The van der Waals surface area contributed by atoms with Crippen molar-refractivity contribution in [2.24, 2.45) is 0 Å². The van der Waals surface area contributed by atoms with Crippen molar-refractivity contribution in [2.45, 2.75) is 13.5 Å². The van der Waals surface area contributed by atoms with E-state index in [1.54, 1.807) is 6.20 Å². The molecule has 0 unspecified atom stereocenters. The van der Waals surface area contributed by atoms with Crippen molar-refractivity contribution in [3.63, 3.8) is 0 Å². The predicted octanol–water partition coefficient (Wildman–Crippen LogP) is 4.42. The number of hydrogen-bond donors (Lipinski definition) is 1. The number of pyridine rings is 1. The second-order valence-electron chi connectivity index (χ2n) is 3.79. The number of rotatable bonds is 3. The average molecular weight is 312 g/mol. The van der Waals surface area contributed by atoms with Crippen molar-refractivity contribution in [1.29, 1.82) is 0 Å². The van der Waals surface area contributed by atoms with Gasteiger partial charge in [-0.2, -0.15) is 0 Å². The van der Waals surface area contributed by atoms with Gasteiger partial charge in [0.1, 0.15) is 4.60 Å². The summed E-state index contributed by atoms with van der Waals surface area (Å²) < 4.78 is 0.839. The van der Waals surface area contributed by atoms with Crippen LogP contribution in [0, 0.1) is 6.92 Å². The van der Waals surface area contributed by atoms with Crippen LogP contribution in [0.1, 0.15) is 11.1 Å². The van der Waals surface area contributed by atoms with Gasteiger partial charge in [-0.15, -0.1) is 0 Å². The highest BCUT2D eigenvalue weighted by molar-refractivity contribution is 9.10. The molecule has 0 aliphatic heterocycles. The SMILES string of the molecule is Cc1cc(Cl)ccc1CNc1ccc(Br)nc1. The van der Waals surface area contributed by atoms with Crippen molar-refractivity contribution in [2.75, 3.05) is 5.32 Å². The van der Waals surface area contributed by atoms with Gasteiger partial charge in [-0.1, -0.05) is 17.7 Å². The molecule has 0 atom stereocenters. The van der Waals surface area contributed by atoms with Crippen molar-refractivity contribution in [3.8, 4) is 0 Å². The van der Waals surface area contributed by atoms with E-state index < -0.39 is 0 Å². The topological polar surface area (TPSA) is 24.9 Å². The smallest absolute Gasteiger partial charge is 0.106 e. The van der Waals surface area contributed by atoms with Gasteiger partial charge in [-0.05, 0) is 58.2 Å². The maximum absolute atomic E-state index is 5.92. The van der Waals surface area contributed by atoms with Gasteiger partial charge in [0.15, 0.2) is 0 Å². The summed E-state index contributed by atoms with van der Waals surface area (Å²) in [5, 5.41) is 4.10. The molecule has 1 aromatic carbocycles. The molecule has 4 heteroatoms. The quantitative estimate of drug-likeness (QED) is 0.849. The van der Waals surface area contributed by atoms with E-state index in [2.05, 4.69) is 33.2 Å². The Morgan fingerprint density at radius 3 is 2.76 bits per heavy atom. The Morgan fingerprint density at radius 2 is 2.12 bits per heavy atom. The minimum Gasteiger partial charge on any atom is -0.380 e. The molecule has 17 heavy (non-hydrogen) atoms. The Bertz CT molecular complexity index is 511. The van der Waals surface area contributed by atoms with Gasteiger partial charge < -0.3 is 5.32 Å². The summed E-state index contributed by atoms with van der Waals surface area (Å²) in [5.41, 5.74) is 3.43. The summed E-state index contributed by atoms with van der Waals surface area (Å²) in [4.78, 5) is 4.16. The average Bonchev–Trinajstić information content (AvgIpc) is 2.30. The van der Waals surface area contributed by atoms with Crippen LogP contribution in [0.25, 0.3) is 0 Å². The predicted molar refractivity (Wildman–Crippen MR) is 75.5 cm³/mol. The second-order valence-corrected chi connectivity index (χ2v) is 5.04. The molecule has 2 rings (SSSR count). The number of aromatic nitrogens is 1. The molecule has 0 saturated carbocycles. The highest BCUT2D eigenvalue weighted by atomic mass is 79.9. The van der Waals surface area contributed by atoms with E-state index in [0.717, 1.165) is 21.9 Å². The fourth-order valence-electron chi connectivity index (χ4n) is 1.54. The van der Waals surface area contributed by atoms with Crippen LogP contribution in [0.15, 0.2) is 41.1 Å². The monoisotopic (exact) mass is 310 g/mol. The Kier molecular flexibility index (Phi) is 4.02. The summed E-state index contributed by atoms with van der Waals surface area (Å²) in [6.07, 6.45) is 1.80. The molecule has 0 saturated heterocycles. The van der Waals surface area contributed by atoms with E-state index in [9.17, 15) is 0 Å². The van der Waals surface area contributed by atoms with Crippen molar-refractivity contribution >= 4 is 33.2 Å². The number of nitrogens with zero attached hydrogens (tertiary/aromatic N) is 1. The molecule has 1 aromatic heterocycles. The zero-order chi connectivity index (χ0) is 12.3. The van der Waals surface area contributed by atoms with E-state index in [1.165, 1.54) is 11.1 Å². The molecular formula is C13H12BrClN2. The van der Waals surface area contributed by atoms with E-state index in [0.29, 0.717) is 0 Å². The van der Waals surface area contributed by atoms with Gasteiger partial charge in [0, 0.05) is 11.6 Å². The first kappa shape index (κ1) is 12.4. The van der Waals surface area contributed by atoms with E-state index in [4.69, 9.17) is 11.6 Å². The Hall–Kier alpha value is -1.06. The van der Waals surface area contributed by atoms with Gasteiger partial charge in [-0.3, -0.25) is 0 Å². The highest BCUT2D eigenvalue weighted by Gasteiger charge is 1.99. The van der Waals surface area contributed by atoms with Gasteiger partial charge in [0.25, 0.3) is 0 Å². The molecule has 1 heterocycles. The zero-order valence-corrected chi connectivity index (χ0v) is 11.7. The summed E-state index contributed by atoms with van der Waals surface area (Å²) in [6.45, 7) is 2.83. The lowest BCUT2D eigenvalue weighted by Gasteiger charge is -2.09. The van der Waals surface area contributed by atoms with Crippen LogP contribution >= 0.6 is 27.5 Å². The van der Waals surface area contributed by atoms with Crippen molar-refractivity contribution < 1.29 is 0 Å². The molecule has 2 aromatic rings. The molecule has 0 fully saturated rings. The number of benzene rings is 1. The van der Waals surface area contributed by atoms with Crippen LogP contribution in [0.2, 0.25) is 5.02 Å². The standard InChI is InChI=1S/C13H12BrClN2/c1-9-6-11(15)3-2-10(9)7-16-12-4-5-13(14)17-8-12/h2-6,8,16H,7H2,1H3. The first-order chi connectivity index (χ1) is 8.15. The molecule has 2 nitrogen and oxygen atoms in total. The Morgan fingerprint density at radius 1 is 1.29 bits per heavy atom. The summed E-state index contributed by atoms with van der Waals surface area (Å²) in [5.74, 6) is 0. The number of anilines is 1. The van der Waals surface area contributed by atoms with Gasteiger partial charge in [0.05, 0.1) is 11.9 Å². The lowest BCUT2D eigenvalue weighted by molar-refractivity contribution is 1.11. The minimum atomic E-state index is 0.770. The Labute approximate surface area is 114 Å². The number of halogens is 2. The maximum atomic E-state index is 5.92. The molecule has 0 radical (unpaired) electrons. The van der Waals surface area contributed by atoms with E-state index >= 15 is 0 Å². The summed E-state index contributed by atoms with van der Waals surface area (Å²) >= 11 is 9.22. The third-order valence-corrected chi connectivity index (χ3v) is 3.22. The van der Waals surface area contributed by atoms with Crippen LogP contribution in [0.5, 0.6) is 0 Å². The number of aryl methyl sites for hydroxylation is 1. The summed E-state index contributed by atoms with van der Waals surface area (Å²) in [7, 11) is 0. The van der Waals surface area contributed by atoms with E-state index in [-0.39, 0.29) is 0 Å². The highest BCUT2D eigenvalue weighted by Crippen LogP contribution is 2.17. The minimum absolute atomic E-state index is 0.770. The van der Waals surface area contributed by atoms with Crippen LogP contribution in [-0.2, 0) is 6.54 Å². The molecule has 0 aliphatic rings. The first-order valence-electron chi connectivity index (χ1n) is 5.25. The molecule has 0 spiro atoms. The second kappa shape index (κ2) is 5.52. The third kappa shape index (κ3) is 3.45. The molecule has 0 amide bonds. The fraction of sp³-hybridized carbons (Fsp3) is 0.154. The van der Waals surface area contributed by atoms with Crippen LogP contribution in [0.3, 0.4) is 0 Å². The molecule has 1 N–H and O–H groups in total. The third-order valence-electron chi connectivity index (χ3n) is 2.51. The molecule has 0 aliphatic carbocycles. The van der Waals surface area contributed by atoms with E-state index in [1.807, 2.05) is 30.3 Å². The summed E-state index contributed by atoms with van der Waals surface area (Å²) in [6, 6.07) is 9.82. The number of nitrogens with one attached hydrogen (secondary N) is 1. The molecule has 0 bridgehead atoms. The number of hydrogen-bond acceptors (Lipinski definition) is 2. The van der Waals surface area contributed by atoms with Gasteiger partial charge in [-0.25, -0.2) is 4.98 Å². The van der Waals surface area contributed by atoms with Crippen molar-refractivity contribution in [1.82, 2.24) is 4.98 Å². The molecule has 88 valence electrons. The lowest BCUT2D eigenvalue weighted by Crippen LogP contribution is -2.01. The molecular weight excluding hydrogens is 300 g/mol. The van der Waals surface area contributed by atoms with Crippen LogP contribution in [-0.4, -0.2) is 4.98 Å². The van der Waals surface area contributed by atoms with Crippen molar-refractivity contribution in [3.05, 3.63) is 57.3 Å². The van der Waals surface area contributed by atoms with Crippen LogP contribution < -0.4 is 5.32 Å². The Balaban J connectivity index is 2.04. The lowest BCUT2D eigenvalue weighted by atomic mass is 10.1. The van der Waals surface area contributed by atoms with Crippen LogP contribution in [0.4, 0.5) is 5.69 Å². The normalized spacial score (nSPS) is 10.3. The zero-order valence-electron chi connectivity index (χ0n) is 9.37.